The number of para-hydroxylation sites is 1. The lowest BCUT2D eigenvalue weighted by Gasteiger charge is -2.39. The highest BCUT2D eigenvalue weighted by molar-refractivity contribution is 5.75. The minimum absolute atomic E-state index is 0.414. The second kappa shape index (κ2) is 4.75. The topological polar surface area (TPSA) is 43.8 Å². The summed E-state index contributed by atoms with van der Waals surface area (Å²) in [5, 5.41) is 9.17. The van der Waals surface area contributed by atoms with Crippen LogP contribution in [0.3, 0.4) is 0 Å². The van der Waals surface area contributed by atoms with Gasteiger partial charge in [0.25, 0.3) is 0 Å². The van der Waals surface area contributed by atoms with Crippen molar-refractivity contribution in [3.8, 4) is 0 Å². The summed E-state index contributed by atoms with van der Waals surface area (Å²) < 4.78 is 0. The maximum Gasteiger partial charge on any atom is 0.322 e. The number of likely N-dealkylation sites (N-methyl/N-ethyl adjacent to an activating group) is 1. The van der Waals surface area contributed by atoms with Crippen molar-refractivity contribution in [2.24, 2.45) is 0 Å². The SMILES string of the molecule is Cc1ccccc1N1CCN(C)[C@H](C(=O)O)C1. The molecule has 4 heteroatoms. The van der Waals surface area contributed by atoms with Crippen LogP contribution in [0.4, 0.5) is 5.69 Å². The molecule has 1 aromatic carbocycles. The van der Waals surface area contributed by atoms with Gasteiger partial charge in [0, 0.05) is 25.3 Å². The van der Waals surface area contributed by atoms with Crippen molar-refractivity contribution in [3.05, 3.63) is 29.8 Å². The zero-order chi connectivity index (χ0) is 12.4. The Hall–Kier alpha value is -1.55. The minimum Gasteiger partial charge on any atom is -0.480 e. The van der Waals surface area contributed by atoms with E-state index < -0.39 is 12.0 Å². The molecule has 4 nitrogen and oxygen atoms in total. The first-order valence-corrected chi connectivity index (χ1v) is 5.83. The van der Waals surface area contributed by atoms with Crippen LogP contribution in [0.25, 0.3) is 0 Å². The van der Waals surface area contributed by atoms with Gasteiger partial charge < -0.3 is 10.0 Å². The number of benzene rings is 1. The monoisotopic (exact) mass is 234 g/mol. The summed E-state index contributed by atoms with van der Waals surface area (Å²) >= 11 is 0. The molecular formula is C13H18N2O2. The third-order valence-corrected chi connectivity index (χ3v) is 3.39. The van der Waals surface area contributed by atoms with Gasteiger partial charge in [0.05, 0.1) is 0 Å². The van der Waals surface area contributed by atoms with Crippen molar-refractivity contribution >= 4 is 11.7 Å². The molecule has 1 heterocycles. The Balaban J connectivity index is 2.19. The molecule has 0 radical (unpaired) electrons. The zero-order valence-electron chi connectivity index (χ0n) is 10.3. The maximum atomic E-state index is 11.2. The first kappa shape index (κ1) is 11.9. The van der Waals surface area contributed by atoms with Gasteiger partial charge in [-0.2, -0.15) is 0 Å². The second-order valence-electron chi connectivity index (χ2n) is 4.57. The summed E-state index contributed by atoms with van der Waals surface area (Å²) in [6.45, 7) is 4.27. The number of aliphatic carboxylic acids is 1. The largest absolute Gasteiger partial charge is 0.480 e. The molecule has 0 aromatic heterocycles. The number of carboxylic acid groups (broad SMARTS) is 1. The molecule has 0 amide bonds. The van der Waals surface area contributed by atoms with Crippen molar-refractivity contribution in [3.63, 3.8) is 0 Å². The Morgan fingerprint density at radius 1 is 1.35 bits per heavy atom. The van der Waals surface area contributed by atoms with Gasteiger partial charge in [-0.3, -0.25) is 9.69 Å². The maximum absolute atomic E-state index is 11.2. The Morgan fingerprint density at radius 3 is 2.71 bits per heavy atom. The van der Waals surface area contributed by atoms with E-state index in [1.807, 2.05) is 24.1 Å². The van der Waals surface area contributed by atoms with Gasteiger partial charge in [0.1, 0.15) is 6.04 Å². The lowest BCUT2D eigenvalue weighted by atomic mass is 10.1. The number of hydrogen-bond donors (Lipinski definition) is 1. The average molecular weight is 234 g/mol. The van der Waals surface area contributed by atoms with Crippen molar-refractivity contribution in [1.82, 2.24) is 4.90 Å². The lowest BCUT2D eigenvalue weighted by Crippen LogP contribution is -2.55. The third-order valence-electron chi connectivity index (χ3n) is 3.39. The van der Waals surface area contributed by atoms with Crippen molar-refractivity contribution < 1.29 is 9.90 Å². The average Bonchev–Trinajstić information content (AvgIpc) is 2.30. The van der Waals surface area contributed by atoms with E-state index in [1.54, 1.807) is 0 Å². The molecule has 17 heavy (non-hydrogen) atoms. The Kier molecular flexibility index (Phi) is 3.33. The zero-order valence-corrected chi connectivity index (χ0v) is 10.3. The predicted molar refractivity (Wildman–Crippen MR) is 67.4 cm³/mol. The number of carboxylic acids is 1. The van der Waals surface area contributed by atoms with Gasteiger partial charge in [-0.15, -0.1) is 0 Å². The molecule has 1 aromatic rings. The van der Waals surface area contributed by atoms with Crippen molar-refractivity contribution in [1.29, 1.82) is 0 Å². The van der Waals surface area contributed by atoms with Crippen molar-refractivity contribution in [2.45, 2.75) is 13.0 Å². The van der Waals surface area contributed by atoms with Gasteiger partial charge in [-0.05, 0) is 25.6 Å². The Labute approximate surface area is 101 Å². The van der Waals surface area contributed by atoms with Crippen LogP contribution in [0.15, 0.2) is 24.3 Å². The van der Waals surface area contributed by atoms with Gasteiger partial charge in [-0.1, -0.05) is 18.2 Å². The van der Waals surface area contributed by atoms with Crippen LogP contribution in [0.2, 0.25) is 0 Å². The Morgan fingerprint density at radius 2 is 2.06 bits per heavy atom. The fourth-order valence-electron chi connectivity index (χ4n) is 2.28. The number of piperazine rings is 1. The molecule has 0 unspecified atom stereocenters. The molecule has 0 spiro atoms. The summed E-state index contributed by atoms with van der Waals surface area (Å²) in [5.74, 6) is -0.745. The molecule has 1 aliphatic rings. The molecule has 0 bridgehead atoms. The van der Waals surface area contributed by atoms with Crippen LogP contribution in [-0.4, -0.2) is 48.7 Å². The summed E-state index contributed by atoms with van der Waals surface area (Å²) in [6.07, 6.45) is 0. The summed E-state index contributed by atoms with van der Waals surface area (Å²) in [7, 11) is 1.87. The van der Waals surface area contributed by atoms with Crippen LogP contribution in [0, 0.1) is 6.92 Å². The molecular weight excluding hydrogens is 216 g/mol. The summed E-state index contributed by atoms with van der Waals surface area (Å²) in [4.78, 5) is 15.2. The number of nitrogens with zero attached hydrogens (tertiary/aromatic N) is 2. The first-order chi connectivity index (χ1) is 8.09. The quantitative estimate of drug-likeness (QED) is 0.835. The molecule has 1 atom stereocenters. The van der Waals surface area contributed by atoms with Gasteiger partial charge >= 0.3 is 5.97 Å². The van der Waals surface area contributed by atoms with E-state index in [-0.39, 0.29) is 0 Å². The molecule has 1 aliphatic heterocycles. The van der Waals surface area contributed by atoms with Gasteiger partial charge in [0.2, 0.25) is 0 Å². The number of hydrogen-bond acceptors (Lipinski definition) is 3. The fraction of sp³-hybridized carbons (Fsp3) is 0.462. The molecule has 2 rings (SSSR count). The number of carbonyl (C=O) groups is 1. The summed E-state index contributed by atoms with van der Waals surface area (Å²) in [5.41, 5.74) is 2.34. The Bertz CT molecular complexity index is 420. The van der Waals surface area contributed by atoms with E-state index in [0.29, 0.717) is 6.54 Å². The molecule has 92 valence electrons. The molecule has 0 aliphatic carbocycles. The van der Waals surface area contributed by atoms with Gasteiger partial charge in [-0.25, -0.2) is 0 Å². The fourth-order valence-corrected chi connectivity index (χ4v) is 2.28. The molecule has 0 saturated carbocycles. The standard InChI is InChI=1S/C13H18N2O2/c1-10-5-3-4-6-11(10)15-8-7-14(2)12(9-15)13(16)17/h3-6,12H,7-9H2,1-2H3,(H,16,17)/t12-/m0/s1. The van der Waals surface area contributed by atoms with E-state index in [4.69, 9.17) is 0 Å². The van der Waals surface area contributed by atoms with E-state index >= 15 is 0 Å². The first-order valence-electron chi connectivity index (χ1n) is 5.83. The van der Waals surface area contributed by atoms with Crippen LogP contribution < -0.4 is 4.90 Å². The van der Waals surface area contributed by atoms with Crippen LogP contribution in [0.5, 0.6) is 0 Å². The van der Waals surface area contributed by atoms with E-state index in [2.05, 4.69) is 24.0 Å². The predicted octanol–water partition coefficient (Wildman–Crippen LogP) is 1.20. The van der Waals surface area contributed by atoms with Crippen LogP contribution in [0.1, 0.15) is 5.56 Å². The van der Waals surface area contributed by atoms with E-state index in [1.165, 1.54) is 5.56 Å². The van der Waals surface area contributed by atoms with Crippen LogP contribution >= 0.6 is 0 Å². The molecule has 1 N–H and O–H groups in total. The summed E-state index contributed by atoms with van der Waals surface area (Å²) in [6, 6.07) is 7.70. The smallest absolute Gasteiger partial charge is 0.322 e. The highest BCUT2D eigenvalue weighted by Crippen LogP contribution is 2.22. The highest BCUT2D eigenvalue weighted by Gasteiger charge is 2.30. The normalized spacial score (nSPS) is 21.5. The van der Waals surface area contributed by atoms with E-state index in [0.717, 1.165) is 18.8 Å². The van der Waals surface area contributed by atoms with Crippen molar-refractivity contribution in [2.75, 3.05) is 31.6 Å². The molecule has 1 fully saturated rings. The lowest BCUT2D eigenvalue weighted by molar-refractivity contribution is -0.142. The highest BCUT2D eigenvalue weighted by atomic mass is 16.4. The van der Waals surface area contributed by atoms with Gasteiger partial charge in [0.15, 0.2) is 0 Å². The number of anilines is 1. The minimum atomic E-state index is -0.745. The number of rotatable bonds is 2. The third kappa shape index (κ3) is 2.42. The molecule has 1 saturated heterocycles. The van der Waals surface area contributed by atoms with E-state index in [9.17, 15) is 9.90 Å². The number of aryl methyl sites for hydroxylation is 1. The van der Waals surface area contributed by atoms with Crippen LogP contribution in [-0.2, 0) is 4.79 Å². The second-order valence-corrected chi connectivity index (χ2v) is 4.57.